The minimum atomic E-state index is -0.305. The zero-order chi connectivity index (χ0) is 14.6. The van der Waals surface area contributed by atoms with Gasteiger partial charge in [0.15, 0.2) is 5.78 Å². The quantitative estimate of drug-likeness (QED) is 0.811. The van der Waals surface area contributed by atoms with Crippen molar-refractivity contribution in [1.82, 2.24) is 5.32 Å². The van der Waals surface area contributed by atoms with E-state index in [0.717, 1.165) is 32.4 Å². The molecule has 4 nitrogen and oxygen atoms in total. The summed E-state index contributed by atoms with van der Waals surface area (Å²) in [6.45, 7) is 5.25. The highest BCUT2D eigenvalue weighted by Gasteiger charge is 2.40. The van der Waals surface area contributed by atoms with Crippen LogP contribution in [0.5, 0.6) is 0 Å². The van der Waals surface area contributed by atoms with E-state index in [0.29, 0.717) is 11.3 Å². The van der Waals surface area contributed by atoms with Crippen molar-refractivity contribution in [3.8, 4) is 0 Å². The maximum Gasteiger partial charge on any atom is 0.231 e. The second-order valence-electron chi connectivity index (χ2n) is 5.55. The average molecular weight is 274 g/mol. The molecule has 0 saturated carbocycles. The zero-order valence-corrected chi connectivity index (χ0v) is 12.2. The Morgan fingerprint density at radius 1 is 1.40 bits per heavy atom. The second-order valence-corrected chi connectivity index (χ2v) is 5.55. The standard InChI is InChI=1S/C16H22N2O2/c1-3-7-16(8-9-17-11-16)15(20)18-14-6-4-5-13(10-14)12(2)19/h4-6,10,17H,3,7-9,11H2,1-2H3,(H,18,20). The third kappa shape index (κ3) is 3.07. The lowest BCUT2D eigenvalue weighted by Crippen LogP contribution is -2.38. The lowest BCUT2D eigenvalue weighted by molar-refractivity contribution is -0.125. The maximum atomic E-state index is 12.6. The Labute approximate surface area is 119 Å². The maximum absolute atomic E-state index is 12.6. The molecule has 1 fully saturated rings. The molecule has 1 aliphatic rings. The topological polar surface area (TPSA) is 58.2 Å². The Bertz CT molecular complexity index is 505. The summed E-state index contributed by atoms with van der Waals surface area (Å²) in [7, 11) is 0. The first kappa shape index (κ1) is 14.7. The summed E-state index contributed by atoms with van der Waals surface area (Å²) in [4.78, 5) is 24.0. The fraction of sp³-hybridized carbons (Fsp3) is 0.500. The summed E-state index contributed by atoms with van der Waals surface area (Å²) in [5, 5.41) is 6.25. The average Bonchev–Trinajstić information content (AvgIpc) is 2.89. The molecule has 1 atom stereocenters. The van der Waals surface area contributed by atoms with Crippen molar-refractivity contribution < 1.29 is 9.59 Å². The number of rotatable bonds is 5. The van der Waals surface area contributed by atoms with Crippen LogP contribution in [-0.4, -0.2) is 24.8 Å². The van der Waals surface area contributed by atoms with Gasteiger partial charge < -0.3 is 10.6 Å². The smallest absolute Gasteiger partial charge is 0.231 e. The van der Waals surface area contributed by atoms with Crippen molar-refractivity contribution in [1.29, 1.82) is 0 Å². The van der Waals surface area contributed by atoms with Gasteiger partial charge in [0.05, 0.1) is 5.41 Å². The van der Waals surface area contributed by atoms with Crippen LogP contribution >= 0.6 is 0 Å². The summed E-state index contributed by atoms with van der Waals surface area (Å²) in [6.07, 6.45) is 2.75. The van der Waals surface area contributed by atoms with Gasteiger partial charge in [-0.1, -0.05) is 25.5 Å². The van der Waals surface area contributed by atoms with Crippen molar-refractivity contribution in [2.24, 2.45) is 5.41 Å². The van der Waals surface area contributed by atoms with E-state index in [1.165, 1.54) is 6.92 Å². The first-order valence-corrected chi connectivity index (χ1v) is 7.20. The van der Waals surface area contributed by atoms with E-state index >= 15 is 0 Å². The largest absolute Gasteiger partial charge is 0.326 e. The molecule has 1 heterocycles. The number of anilines is 1. The van der Waals surface area contributed by atoms with Crippen molar-refractivity contribution in [2.45, 2.75) is 33.1 Å². The molecule has 1 aromatic carbocycles. The molecule has 1 unspecified atom stereocenters. The molecule has 0 bridgehead atoms. The molecule has 108 valence electrons. The van der Waals surface area contributed by atoms with Crippen LogP contribution in [0.25, 0.3) is 0 Å². The molecule has 1 amide bonds. The molecule has 1 aromatic rings. The Hall–Kier alpha value is -1.68. The van der Waals surface area contributed by atoms with Crippen LogP contribution in [0.4, 0.5) is 5.69 Å². The minimum Gasteiger partial charge on any atom is -0.326 e. The van der Waals surface area contributed by atoms with Crippen LogP contribution in [0, 0.1) is 5.41 Å². The Kier molecular flexibility index (Phi) is 4.55. The van der Waals surface area contributed by atoms with E-state index in [9.17, 15) is 9.59 Å². The summed E-state index contributed by atoms with van der Waals surface area (Å²) in [5.74, 6) is 0.0666. The Morgan fingerprint density at radius 2 is 2.20 bits per heavy atom. The zero-order valence-electron chi connectivity index (χ0n) is 12.2. The monoisotopic (exact) mass is 274 g/mol. The van der Waals surface area contributed by atoms with Gasteiger partial charge in [0, 0.05) is 17.8 Å². The SMILES string of the molecule is CCCC1(C(=O)Nc2cccc(C(C)=O)c2)CCNC1. The van der Waals surface area contributed by atoms with Gasteiger partial charge in [0.1, 0.15) is 0 Å². The molecule has 2 rings (SSSR count). The number of ketones is 1. The van der Waals surface area contributed by atoms with E-state index < -0.39 is 0 Å². The van der Waals surface area contributed by atoms with Gasteiger partial charge in [0.2, 0.25) is 5.91 Å². The molecule has 0 spiro atoms. The van der Waals surface area contributed by atoms with Crippen LogP contribution in [0.1, 0.15) is 43.5 Å². The van der Waals surface area contributed by atoms with E-state index in [1.807, 2.05) is 6.07 Å². The number of amides is 1. The lowest BCUT2D eigenvalue weighted by atomic mass is 9.81. The first-order valence-electron chi connectivity index (χ1n) is 7.20. The highest BCUT2D eigenvalue weighted by molar-refractivity contribution is 5.98. The molecule has 1 saturated heterocycles. The van der Waals surface area contributed by atoms with E-state index in [-0.39, 0.29) is 17.1 Å². The normalized spacial score (nSPS) is 21.7. The number of Topliss-reactive ketones (excluding diaryl/α,β-unsaturated/α-hetero) is 1. The first-order chi connectivity index (χ1) is 9.57. The number of nitrogens with one attached hydrogen (secondary N) is 2. The predicted octanol–water partition coefficient (Wildman–Crippen LogP) is 2.61. The molecular weight excluding hydrogens is 252 g/mol. The minimum absolute atomic E-state index is 0.00639. The summed E-state index contributed by atoms with van der Waals surface area (Å²) in [6, 6.07) is 7.12. The van der Waals surface area contributed by atoms with Crippen molar-refractivity contribution in [3.05, 3.63) is 29.8 Å². The number of carbonyl (C=O) groups excluding carboxylic acids is 2. The number of carbonyl (C=O) groups is 2. The van der Waals surface area contributed by atoms with Gasteiger partial charge in [0.25, 0.3) is 0 Å². The van der Waals surface area contributed by atoms with Gasteiger partial charge in [-0.3, -0.25) is 9.59 Å². The molecule has 1 aliphatic heterocycles. The fourth-order valence-corrected chi connectivity index (χ4v) is 2.82. The molecular formula is C16H22N2O2. The molecule has 0 aromatic heterocycles. The van der Waals surface area contributed by atoms with Gasteiger partial charge in [-0.2, -0.15) is 0 Å². The van der Waals surface area contributed by atoms with E-state index in [2.05, 4.69) is 17.6 Å². The number of hydrogen-bond acceptors (Lipinski definition) is 3. The molecule has 20 heavy (non-hydrogen) atoms. The van der Waals surface area contributed by atoms with Crippen LogP contribution in [0.15, 0.2) is 24.3 Å². The van der Waals surface area contributed by atoms with Gasteiger partial charge in [-0.15, -0.1) is 0 Å². The summed E-state index contributed by atoms with van der Waals surface area (Å²) in [5.41, 5.74) is 1.02. The van der Waals surface area contributed by atoms with Gasteiger partial charge in [-0.25, -0.2) is 0 Å². The molecule has 4 heteroatoms. The van der Waals surface area contributed by atoms with Crippen LogP contribution in [-0.2, 0) is 4.79 Å². The summed E-state index contributed by atoms with van der Waals surface area (Å²) >= 11 is 0. The second kappa shape index (κ2) is 6.18. The van der Waals surface area contributed by atoms with E-state index in [4.69, 9.17) is 0 Å². The third-order valence-corrected chi connectivity index (χ3v) is 3.98. The molecule has 2 N–H and O–H groups in total. The fourth-order valence-electron chi connectivity index (χ4n) is 2.82. The Morgan fingerprint density at radius 3 is 2.80 bits per heavy atom. The molecule has 0 radical (unpaired) electrons. The van der Waals surface area contributed by atoms with Gasteiger partial charge in [-0.05, 0) is 38.4 Å². The highest BCUT2D eigenvalue weighted by atomic mass is 16.2. The highest BCUT2D eigenvalue weighted by Crippen LogP contribution is 2.32. The Balaban J connectivity index is 2.14. The predicted molar refractivity (Wildman–Crippen MR) is 79.9 cm³/mol. The summed E-state index contributed by atoms with van der Waals surface area (Å²) < 4.78 is 0. The van der Waals surface area contributed by atoms with Crippen molar-refractivity contribution in [3.63, 3.8) is 0 Å². The van der Waals surface area contributed by atoms with Crippen LogP contribution in [0.3, 0.4) is 0 Å². The van der Waals surface area contributed by atoms with Crippen molar-refractivity contribution in [2.75, 3.05) is 18.4 Å². The van der Waals surface area contributed by atoms with Crippen LogP contribution < -0.4 is 10.6 Å². The number of benzene rings is 1. The lowest BCUT2D eigenvalue weighted by Gasteiger charge is -2.26. The third-order valence-electron chi connectivity index (χ3n) is 3.98. The number of hydrogen-bond donors (Lipinski definition) is 2. The van der Waals surface area contributed by atoms with E-state index in [1.54, 1.807) is 18.2 Å². The molecule has 0 aliphatic carbocycles. The van der Waals surface area contributed by atoms with Crippen LogP contribution in [0.2, 0.25) is 0 Å². The van der Waals surface area contributed by atoms with Crippen molar-refractivity contribution >= 4 is 17.4 Å². The van der Waals surface area contributed by atoms with Gasteiger partial charge >= 0.3 is 0 Å².